The van der Waals surface area contributed by atoms with Crippen LogP contribution >= 0.6 is 0 Å². The summed E-state index contributed by atoms with van der Waals surface area (Å²) in [7, 11) is 0. The lowest BCUT2D eigenvalue weighted by atomic mass is 9.75. The van der Waals surface area contributed by atoms with Gasteiger partial charge in [-0.2, -0.15) is 0 Å². The van der Waals surface area contributed by atoms with Crippen molar-refractivity contribution >= 4 is 0 Å². The molecule has 2 aliphatic carbocycles. The average molecular weight is 146 g/mol. The molecule has 0 bridgehead atoms. The lowest BCUT2D eigenvalue weighted by molar-refractivity contribution is 0.391. The van der Waals surface area contributed by atoms with Gasteiger partial charge in [0.05, 0.1) is 0 Å². The molecule has 0 spiro atoms. The number of allylic oxidation sites excluding steroid dienone is 5. The Kier molecular flexibility index (Phi) is 1.69. The van der Waals surface area contributed by atoms with Crippen molar-refractivity contribution in [2.45, 2.75) is 19.3 Å². The lowest BCUT2D eigenvalue weighted by Crippen LogP contribution is -2.18. The Balaban J connectivity index is 2.12. The van der Waals surface area contributed by atoms with Crippen LogP contribution in [-0.2, 0) is 0 Å². The van der Waals surface area contributed by atoms with Gasteiger partial charge in [-0.25, -0.2) is 0 Å². The molecule has 0 aliphatic heterocycles. The molecule has 0 aromatic heterocycles. The average Bonchev–Trinajstić information content (AvgIpc) is 2.04. The van der Waals surface area contributed by atoms with E-state index in [1.807, 2.05) is 0 Å². The normalized spacial score (nSPS) is 35.5. The van der Waals surface area contributed by atoms with Crippen LogP contribution in [0, 0.1) is 11.8 Å². The number of fused-ring (bicyclic) bond motifs is 1. The molecule has 11 heavy (non-hydrogen) atoms. The molecule has 0 N–H and O–H groups in total. The fourth-order valence-corrected chi connectivity index (χ4v) is 2.04. The molecule has 2 aliphatic rings. The summed E-state index contributed by atoms with van der Waals surface area (Å²) >= 11 is 0. The minimum Gasteiger partial charge on any atom is -0.0998 e. The first-order chi connectivity index (χ1) is 5.36. The minimum atomic E-state index is 0.765. The van der Waals surface area contributed by atoms with Crippen LogP contribution in [0.4, 0.5) is 0 Å². The molecular weight excluding hydrogens is 132 g/mol. The molecule has 0 saturated heterocycles. The Hall–Kier alpha value is -0.780. The third-order valence-electron chi connectivity index (χ3n) is 2.73. The molecule has 2 atom stereocenters. The third-order valence-corrected chi connectivity index (χ3v) is 2.73. The maximum absolute atomic E-state index is 4.05. The van der Waals surface area contributed by atoms with Gasteiger partial charge >= 0.3 is 0 Å². The molecule has 0 aromatic rings. The second-order valence-electron chi connectivity index (χ2n) is 3.59. The third kappa shape index (κ3) is 1.30. The molecule has 58 valence electrons. The van der Waals surface area contributed by atoms with Gasteiger partial charge in [0.15, 0.2) is 0 Å². The van der Waals surface area contributed by atoms with E-state index in [0.29, 0.717) is 0 Å². The van der Waals surface area contributed by atoms with E-state index >= 15 is 0 Å². The molecule has 0 aromatic carbocycles. The number of hydrogen-bond acceptors (Lipinski definition) is 0. The highest BCUT2D eigenvalue weighted by Crippen LogP contribution is 2.35. The second kappa shape index (κ2) is 2.69. The van der Waals surface area contributed by atoms with E-state index < -0.39 is 0 Å². The number of rotatable bonds is 0. The van der Waals surface area contributed by atoms with Gasteiger partial charge in [-0.3, -0.25) is 0 Å². The topological polar surface area (TPSA) is 0 Å². The first kappa shape index (κ1) is 6.90. The summed E-state index contributed by atoms with van der Waals surface area (Å²) in [5.41, 5.74) is 1.44. The number of hydrogen-bond donors (Lipinski definition) is 0. The molecular formula is C11H14. The minimum absolute atomic E-state index is 0.765. The Morgan fingerprint density at radius 3 is 2.73 bits per heavy atom. The summed E-state index contributed by atoms with van der Waals surface area (Å²) in [6.45, 7) is 4.05. The van der Waals surface area contributed by atoms with Gasteiger partial charge in [0.1, 0.15) is 0 Å². The standard InChI is InChI=1S/C11H14/c1-9-6-7-10-4-2-3-5-11(10)8-9/h2-5,10-11H,1,6-8H2. The fraction of sp³-hybridized carbons (Fsp3) is 0.455. The van der Waals surface area contributed by atoms with Crippen LogP contribution < -0.4 is 0 Å². The monoisotopic (exact) mass is 146 g/mol. The van der Waals surface area contributed by atoms with Crippen LogP contribution in [-0.4, -0.2) is 0 Å². The quantitative estimate of drug-likeness (QED) is 0.461. The van der Waals surface area contributed by atoms with E-state index in [-0.39, 0.29) is 0 Å². The van der Waals surface area contributed by atoms with Crippen molar-refractivity contribution in [1.29, 1.82) is 0 Å². The summed E-state index contributed by atoms with van der Waals surface area (Å²) < 4.78 is 0. The van der Waals surface area contributed by atoms with E-state index in [0.717, 1.165) is 11.8 Å². The van der Waals surface area contributed by atoms with E-state index in [1.54, 1.807) is 0 Å². The molecule has 0 heterocycles. The van der Waals surface area contributed by atoms with Crippen LogP contribution in [0.15, 0.2) is 36.5 Å². The van der Waals surface area contributed by atoms with Crippen LogP contribution in [0.1, 0.15) is 19.3 Å². The van der Waals surface area contributed by atoms with Gasteiger partial charge in [0.2, 0.25) is 0 Å². The maximum Gasteiger partial charge on any atom is -0.0130 e. The highest BCUT2D eigenvalue weighted by atomic mass is 14.3. The highest BCUT2D eigenvalue weighted by molar-refractivity contribution is 5.19. The molecule has 0 radical (unpaired) electrons. The van der Waals surface area contributed by atoms with E-state index in [2.05, 4.69) is 30.9 Å². The summed E-state index contributed by atoms with van der Waals surface area (Å²) in [4.78, 5) is 0. The zero-order chi connectivity index (χ0) is 7.68. The van der Waals surface area contributed by atoms with Gasteiger partial charge in [0, 0.05) is 0 Å². The molecule has 2 rings (SSSR count). The Morgan fingerprint density at radius 1 is 1.18 bits per heavy atom. The van der Waals surface area contributed by atoms with Crippen LogP contribution in [0.3, 0.4) is 0 Å². The second-order valence-corrected chi connectivity index (χ2v) is 3.59. The fourth-order valence-electron chi connectivity index (χ4n) is 2.04. The van der Waals surface area contributed by atoms with Gasteiger partial charge in [-0.15, -0.1) is 0 Å². The SMILES string of the molecule is C=C1CCC2C=CC=CC2C1. The van der Waals surface area contributed by atoms with Crippen molar-refractivity contribution < 1.29 is 0 Å². The predicted molar refractivity (Wildman–Crippen MR) is 48.3 cm³/mol. The largest absolute Gasteiger partial charge is 0.0998 e. The van der Waals surface area contributed by atoms with Crippen molar-refractivity contribution in [1.82, 2.24) is 0 Å². The van der Waals surface area contributed by atoms with Crippen molar-refractivity contribution in [2.75, 3.05) is 0 Å². The maximum atomic E-state index is 4.05. The zero-order valence-corrected chi connectivity index (χ0v) is 6.79. The van der Waals surface area contributed by atoms with Gasteiger partial charge < -0.3 is 0 Å². The predicted octanol–water partition coefficient (Wildman–Crippen LogP) is 3.08. The Labute approximate surface area is 68.3 Å². The molecule has 0 heteroatoms. The van der Waals surface area contributed by atoms with E-state index in [9.17, 15) is 0 Å². The first-order valence-electron chi connectivity index (χ1n) is 4.38. The van der Waals surface area contributed by atoms with Gasteiger partial charge in [-0.1, -0.05) is 36.5 Å². The Morgan fingerprint density at radius 2 is 1.91 bits per heavy atom. The van der Waals surface area contributed by atoms with Crippen LogP contribution in [0.5, 0.6) is 0 Å². The summed E-state index contributed by atoms with van der Waals surface area (Å²) in [5, 5.41) is 0. The smallest absolute Gasteiger partial charge is 0.0130 e. The van der Waals surface area contributed by atoms with Crippen LogP contribution in [0.2, 0.25) is 0 Å². The van der Waals surface area contributed by atoms with Gasteiger partial charge in [-0.05, 0) is 31.1 Å². The summed E-state index contributed by atoms with van der Waals surface area (Å²) in [5.74, 6) is 1.58. The summed E-state index contributed by atoms with van der Waals surface area (Å²) in [6, 6.07) is 0. The van der Waals surface area contributed by atoms with Crippen molar-refractivity contribution in [2.24, 2.45) is 11.8 Å². The molecule has 2 unspecified atom stereocenters. The van der Waals surface area contributed by atoms with Crippen LogP contribution in [0.25, 0.3) is 0 Å². The molecule has 1 fully saturated rings. The van der Waals surface area contributed by atoms with Crippen molar-refractivity contribution in [3.8, 4) is 0 Å². The van der Waals surface area contributed by atoms with E-state index in [4.69, 9.17) is 0 Å². The summed E-state index contributed by atoms with van der Waals surface area (Å²) in [6.07, 6.45) is 12.8. The molecule has 0 amide bonds. The van der Waals surface area contributed by atoms with Crippen molar-refractivity contribution in [3.63, 3.8) is 0 Å². The lowest BCUT2D eigenvalue weighted by Gasteiger charge is -2.30. The van der Waals surface area contributed by atoms with Gasteiger partial charge in [0.25, 0.3) is 0 Å². The first-order valence-corrected chi connectivity index (χ1v) is 4.38. The van der Waals surface area contributed by atoms with Crippen molar-refractivity contribution in [3.05, 3.63) is 36.5 Å². The molecule has 0 nitrogen and oxygen atoms in total. The molecule has 1 saturated carbocycles. The zero-order valence-electron chi connectivity index (χ0n) is 6.79. The Bertz CT molecular complexity index is 220. The van der Waals surface area contributed by atoms with E-state index in [1.165, 1.54) is 24.8 Å². The highest BCUT2D eigenvalue weighted by Gasteiger charge is 2.23.